The summed E-state index contributed by atoms with van der Waals surface area (Å²) in [5.74, 6) is 1.20. The van der Waals surface area contributed by atoms with Gasteiger partial charge in [0.1, 0.15) is 0 Å². The predicted octanol–water partition coefficient (Wildman–Crippen LogP) is 1.42. The average Bonchev–Trinajstić information content (AvgIpc) is 2.29. The van der Waals surface area contributed by atoms with Crippen LogP contribution in [0.25, 0.3) is 0 Å². The molecular formula is C10H17BrN4O. The van der Waals surface area contributed by atoms with Gasteiger partial charge in [0.05, 0.1) is 17.8 Å². The molecule has 1 rings (SSSR count). The number of hydrogen-bond donors (Lipinski definition) is 1. The molecule has 0 bridgehead atoms. The van der Waals surface area contributed by atoms with Gasteiger partial charge in [-0.25, -0.2) is 4.98 Å². The smallest absolute Gasteiger partial charge is 0.232 e. The van der Waals surface area contributed by atoms with Crippen molar-refractivity contribution >= 4 is 21.9 Å². The summed E-state index contributed by atoms with van der Waals surface area (Å²) in [4.78, 5) is 10.6. The highest BCUT2D eigenvalue weighted by Crippen LogP contribution is 2.23. The maximum Gasteiger partial charge on any atom is 0.232 e. The molecule has 1 heterocycles. The Morgan fingerprint density at radius 1 is 1.50 bits per heavy atom. The molecule has 1 aromatic heterocycles. The first-order valence-electron chi connectivity index (χ1n) is 5.24. The van der Waals surface area contributed by atoms with Crippen molar-refractivity contribution in [3.63, 3.8) is 0 Å². The summed E-state index contributed by atoms with van der Waals surface area (Å²) in [7, 11) is 1.59. The quantitative estimate of drug-likeness (QED) is 0.858. The third kappa shape index (κ3) is 3.31. The Bertz CT molecular complexity index is 329. The molecule has 0 aliphatic heterocycles. The second-order valence-electron chi connectivity index (χ2n) is 3.30. The molecule has 2 N–H and O–H groups in total. The molecule has 0 aliphatic carbocycles. The average molecular weight is 289 g/mol. The summed E-state index contributed by atoms with van der Waals surface area (Å²) < 4.78 is 5.89. The summed E-state index contributed by atoms with van der Waals surface area (Å²) in [6.07, 6.45) is 2.72. The largest absolute Gasteiger partial charge is 0.480 e. The lowest BCUT2D eigenvalue weighted by atomic mass is 10.4. The lowest BCUT2D eigenvalue weighted by Crippen LogP contribution is -2.31. The molecule has 6 heteroatoms. The van der Waals surface area contributed by atoms with Gasteiger partial charge in [0.25, 0.3) is 0 Å². The Labute approximate surface area is 104 Å². The highest BCUT2D eigenvalue weighted by molar-refractivity contribution is 9.10. The molecule has 5 nitrogen and oxygen atoms in total. The number of halogens is 1. The molecule has 0 radical (unpaired) electrons. The van der Waals surface area contributed by atoms with Crippen LogP contribution in [0.2, 0.25) is 0 Å². The van der Waals surface area contributed by atoms with E-state index in [4.69, 9.17) is 10.5 Å². The van der Waals surface area contributed by atoms with Crippen molar-refractivity contribution in [2.45, 2.75) is 13.3 Å². The molecular weight excluding hydrogens is 272 g/mol. The number of nitrogens with zero attached hydrogens (tertiary/aromatic N) is 3. The number of ether oxygens (including phenoxy) is 1. The van der Waals surface area contributed by atoms with Crippen molar-refractivity contribution in [2.24, 2.45) is 5.73 Å². The molecule has 0 atom stereocenters. The predicted molar refractivity (Wildman–Crippen MR) is 67.8 cm³/mol. The zero-order chi connectivity index (χ0) is 12.0. The second-order valence-corrected chi connectivity index (χ2v) is 4.16. The van der Waals surface area contributed by atoms with E-state index >= 15 is 0 Å². The van der Waals surface area contributed by atoms with Gasteiger partial charge in [-0.05, 0) is 22.4 Å². The minimum atomic E-state index is 0.545. The summed E-state index contributed by atoms with van der Waals surface area (Å²) in [6, 6.07) is 0. The van der Waals surface area contributed by atoms with Gasteiger partial charge in [0.2, 0.25) is 11.8 Å². The van der Waals surface area contributed by atoms with Crippen molar-refractivity contribution in [2.75, 3.05) is 31.6 Å². The van der Waals surface area contributed by atoms with Gasteiger partial charge in [0, 0.05) is 19.6 Å². The molecule has 90 valence electrons. The fourth-order valence-corrected chi connectivity index (χ4v) is 1.73. The van der Waals surface area contributed by atoms with Gasteiger partial charge in [-0.2, -0.15) is 4.98 Å². The van der Waals surface area contributed by atoms with E-state index in [-0.39, 0.29) is 0 Å². The minimum Gasteiger partial charge on any atom is -0.480 e. The van der Waals surface area contributed by atoms with E-state index in [9.17, 15) is 0 Å². The maximum absolute atomic E-state index is 5.56. The number of methoxy groups -OCH3 is 1. The third-order valence-electron chi connectivity index (χ3n) is 2.07. The lowest BCUT2D eigenvalue weighted by Gasteiger charge is -2.21. The first-order valence-corrected chi connectivity index (χ1v) is 6.03. The molecule has 16 heavy (non-hydrogen) atoms. The number of aromatic nitrogens is 2. The van der Waals surface area contributed by atoms with Crippen LogP contribution in [0.3, 0.4) is 0 Å². The maximum atomic E-state index is 5.56. The fourth-order valence-electron chi connectivity index (χ4n) is 1.38. The van der Waals surface area contributed by atoms with E-state index < -0.39 is 0 Å². The molecule has 0 fully saturated rings. The third-order valence-corrected chi connectivity index (χ3v) is 2.61. The van der Waals surface area contributed by atoms with Crippen molar-refractivity contribution in [1.29, 1.82) is 0 Å². The Hall–Kier alpha value is -0.880. The first kappa shape index (κ1) is 13.2. The van der Waals surface area contributed by atoms with Crippen molar-refractivity contribution < 1.29 is 4.74 Å². The van der Waals surface area contributed by atoms with E-state index in [0.717, 1.165) is 24.0 Å². The molecule has 0 aliphatic rings. The second kappa shape index (κ2) is 6.65. The zero-order valence-corrected chi connectivity index (χ0v) is 11.2. The van der Waals surface area contributed by atoms with Crippen LogP contribution in [0.15, 0.2) is 10.7 Å². The molecule has 1 aromatic rings. The van der Waals surface area contributed by atoms with E-state index in [1.54, 1.807) is 13.3 Å². The standard InChI is InChI=1S/C10H17BrN4O/c1-3-5-15(6-4-12)10-13-7-8(11)9(14-10)16-2/h7H,3-6,12H2,1-2H3. The highest BCUT2D eigenvalue weighted by Gasteiger charge is 2.11. The minimum absolute atomic E-state index is 0.545. The van der Waals surface area contributed by atoms with Crippen LogP contribution >= 0.6 is 15.9 Å². The molecule has 0 saturated heterocycles. The Morgan fingerprint density at radius 2 is 2.25 bits per heavy atom. The molecule has 0 aromatic carbocycles. The highest BCUT2D eigenvalue weighted by atomic mass is 79.9. The van der Waals surface area contributed by atoms with Crippen LogP contribution in [0.1, 0.15) is 13.3 Å². The van der Waals surface area contributed by atoms with E-state index in [1.807, 2.05) is 0 Å². The Morgan fingerprint density at radius 3 is 2.81 bits per heavy atom. The first-order chi connectivity index (χ1) is 7.72. The van der Waals surface area contributed by atoms with Gasteiger partial charge in [0.15, 0.2) is 0 Å². The number of anilines is 1. The van der Waals surface area contributed by atoms with Gasteiger partial charge in [-0.1, -0.05) is 6.92 Å². The van der Waals surface area contributed by atoms with Crippen LogP contribution in [0.5, 0.6) is 5.88 Å². The normalized spacial score (nSPS) is 10.2. The van der Waals surface area contributed by atoms with Crippen LogP contribution < -0.4 is 15.4 Å². The topological polar surface area (TPSA) is 64.3 Å². The van der Waals surface area contributed by atoms with Crippen molar-refractivity contribution in [3.8, 4) is 5.88 Å². The fraction of sp³-hybridized carbons (Fsp3) is 0.600. The van der Waals surface area contributed by atoms with Crippen LogP contribution in [-0.2, 0) is 0 Å². The number of nitrogens with two attached hydrogens (primary N) is 1. The summed E-state index contributed by atoms with van der Waals surface area (Å²) >= 11 is 3.32. The molecule has 0 unspecified atom stereocenters. The van der Waals surface area contributed by atoms with Gasteiger partial charge >= 0.3 is 0 Å². The summed E-state index contributed by atoms with van der Waals surface area (Å²) in [6.45, 7) is 4.34. The number of hydrogen-bond acceptors (Lipinski definition) is 5. The molecule has 0 spiro atoms. The van der Waals surface area contributed by atoms with E-state index in [1.165, 1.54) is 0 Å². The van der Waals surface area contributed by atoms with Gasteiger partial charge in [-0.3, -0.25) is 0 Å². The van der Waals surface area contributed by atoms with Crippen LogP contribution in [0, 0.1) is 0 Å². The SMILES string of the molecule is CCCN(CCN)c1ncc(Br)c(OC)n1. The number of rotatable bonds is 6. The summed E-state index contributed by atoms with van der Waals surface area (Å²) in [5, 5.41) is 0. The molecule has 0 amide bonds. The summed E-state index contributed by atoms with van der Waals surface area (Å²) in [5.41, 5.74) is 5.56. The van der Waals surface area contributed by atoms with E-state index in [0.29, 0.717) is 18.4 Å². The van der Waals surface area contributed by atoms with Gasteiger partial charge in [-0.15, -0.1) is 0 Å². The van der Waals surface area contributed by atoms with Crippen molar-refractivity contribution in [3.05, 3.63) is 10.7 Å². The van der Waals surface area contributed by atoms with Crippen molar-refractivity contribution in [1.82, 2.24) is 9.97 Å². The Balaban J connectivity index is 2.90. The molecule has 0 saturated carbocycles. The van der Waals surface area contributed by atoms with Gasteiger partial charge < -0.3 is 15.4 Å². The monoisotopic (exact) mass is 288 g/mol. The Kier molecular flexibility index (Phi) is 5.48. The van der Waals surface area contributed by atoms with Crippen LogP contribution in [-0.4, -0.2) is 36.7 Å². The zero-order valence-electron chi connectivity index (χ0n) is 9.61. The van der Waals surface area contributed by atoms with E-state index in [2.05, 4.69) is 37.7 Å². The lowest BCUT2D eigenvalue weighted by molar-refractivity contribution is 0.393. The van der Waals surface area contributed by atoms with Crippen LogP contribution in [0.4, 0.5) is 5.95 Å².